The van der Waals surface area contributed by atoms with Crippen LogP contribution in [0.3, 0.4) is 0 Å². The maximum atomic E-state index is 12.2. The van der Waals surface area contributed by atoms with Gasteiger partial charge >= 0.3 is 11.9 Å². The molecule has 9 nitrogen and oxygen atoms in total. The molecule has 0 saturated heterocycles. The van der Waals surface area contributed by atoms with Gasteiger partial charge in [-0.2, -0.15) is 9.82 Å². The van der Waals surface area contributed by atoms with E-state index in [9.17, 15) is 18.0 Å². The summed E-state index contributed by atoms with van der Waals surface area (Å²) in [4.78, 5) is 22.7. The monoisotopic (exact) mass is 319 g/mol. The Morgan fingerprint density at radius 3 is 2.57 bits per heavy atom. The Bertz CT molecular complexity index is 622. The fourth-order valence-corrected chi connectivity index (χ4v) is 2.95. The van der Waals surface area contributed by atoms with Crippen LogP contribution in [0.25, 0.3) is 0 Å². The van der Waals surface area contributed by atoms with Crippen molar-refractivity contribution < 1.29 is 27.9 Å². The van der Waals surface area contributed by atoms with Crippen molar-refractivity contribution in [1.82, 2.24) is 14.9 Å². The molecule has 0 spiro atoms. The number of carbonyl (C=O) groups is 2. The smallest absolute Gasteiger partial charge is 0.342 e. The molecule has 0 bridgehead atoms. The average Bonchev–Trinajstić information content (AvgIpc) is 2.85. The van der Waals surface area contributed by atoms with Gasteiger partial charge in [0, 0.05) is 0 Å². The Hall–Kier alpha value is -1.94. The third kappa shape index (κ3) is 4.02. The number of H-pyrrole nitrogens is 1. The number of rotatable bonds is 7. The summed E-state index contributed by atoms with van der Waals surface area (Å²) in [7, 11) is -4.25. The third-order valence-electron chi connectivity index (χ3n) is 2.58. The standard InChI is InChI=1S/C11H17N3O6S/c1-4-20-11(17)7-5-12-13-9(7)21(18,19)14-8(6(2)3)10(15)16/h5-6,8,14H,4H2,1-3H3,(H,12,13)(H,15,16)/t8-/m0/s1. The number of aromatic amines is 1. The maximum Gasteiger partial charge on any atom is 0.342 e. The summed E-state index contributed by atoms with van der Waals surface area (Å²) in [5.41, 5.74) is -0.280. The topological polar surface area (TPSA) is 138 Å². The van der Waals surface area contributed by atoms with E-state index in [1.54, 1.807) is 20.8 Å². The van der Waals surface area contributed by atoms with Crippen LogP contribution in [0.15, 0.2) is 11.2 Å². The van der Waals surface area contributed by atoms with Gasteiger partial charge in [-0.25, -0.2) is 13.2 Å². The zero-order valence-corrected chi connectivity index (χ0v) is 12.6. The highest BCUT2D eigenvalue weighted by molar-refractivity contribution is 7.89. The highest BCUT2D eigenvalue weighted by Crippen LogP contribution is 2.15. The predicted molar refractivity (Wildman–Crippen MR) is 71.1 cm³/mol. The number of aromatic nitrogens is 2. The molecule has 21 heavy (non-hydrogen) atoms. The van der Waals surface area contributed by atoms with Gasteiger partial charge in [-0.1, -0.05) is 13.8 Å². The molecular formula is C11H17N3O6S. The fourth-order valence-electron chi connectivity index (χ4n) is 1.53. The molecule has 118 valence electrons. The van der Waals surface area contributed by atoms with Crippen molar-refractivity contribution in [3.05, 3.63) is 11.8 Å². The van der Waals surface area contributed by atoms with E-state index in [4.69, 9.17) is 9.84 Å². The summed E-state index contributed by atoms with van der Waals surface area (Å²) in [5.74, 6) is -2.65. The SMILES string of the molecule is CCOC(=O)c1cn[nH]c1S(=O)(=O)N[C@H](C(=O)O)C(C)C. The van der Waals surface area contributed by atoms with E-state index in [1.165, 1.54) is 0 Å². The van der Waals surface area contributed by atoms with Gasteiger partial charge in [0.1, 0.15) is 11.6 Å². The minimum atomic E-state index is -4.25. The second-order valence-electron chi connectivity index (χ2n) is 4.51. The molecule has 0 aliphatic carbocycles. The number of carboxylic acids is 1. The number of esters is 1. The van der Waals surface area contributed by atoms with E-state index >= 15 is 0 Å². The normalized spacial score (nSPS) is 13.1. The van der Waals surface area contributed by atoms with Gasteiger partial charge in [-0.05, 0) is 12.8 Å². The van der Waals surface area contributed by atoms with Crippen molar-refractivity contribution in [2.24, 2.45) is 5.92 Å². The first-order valence-electron chi connectivity index (χ1n) is 6.16. The number of sulfonamides is 1. The number of hydrogen-bond donors (Lipinski definition) is 3. The minimum Gasteiger partial charge on any atom is -0.480 e. The van der Waals surface area contributed by atoms with E-state index in [0.29, 0.717) is 0 Å². The molecule has 0 aliphatic heterocycles. The molecule has 1 rings (SSSR count). The molecule has 1 aromatic rings. The highest BCUT2D eigenvalue weighted by Gasteiger charge is 2.32. The van der Waals surface area contributed by atoms with Gasteiger partial charge in [0.25, 0.3) is 10.0 Å². The van der Waals surface area contributed by atoms with Crippen LogP contribution in [-0.2, 0) is 19.6 Å². The first-order valence-corrected chi connectivity index (χ1v) is 7.64. The van der Waals surface area contributed by atoms with E-state index in [2.05, 4.69) is 10.2 Å². The Morgan fingerprint density at radius 2 is 2.10 bits per heavy atom. The van der Waals surface area contributed by atoms with Gasteiger partial charge in [-0.3, -0.25) is 9.89 Å². The van der Waals surface area contributed by atoms with Crippen LogP contribution in [0.2, 0.25) is 0 Å². The lowest BCUT2D eigenvalue weighted by Gasteiger charge is -2.17. The first-order chi connectivity index (χ1) is 9.70. The van der Waals surface area contributed by atoms with Crippen molar-refractivity contribution in [2.45, 2.75) is 31.8 Å². The minimum absolute atomic E-state index is 0.0701. The second kappa shape index (κ2) is 6.68. The molecule has 0 aliphatic rings. The van der Waals surface area contributed by atoms with Crippen molar-refractivity contribution in [3.8, 4) is 0 Å². The van der Waals surface area contributed by atoms with Gasteiger partial charge in [-0.15, -0.1) is 0 Å². The van der Waals surface area contributed by atoms with Gasteiger partial charge in [0.15, 0.2) is 5.03 Å². The molecular weight excluding hydrogens is 302 g/mol. The van der Waals surface area contributed by atoms with Gasteiger partial charge in [0.2, 0.25) is 0 Å². The molecule has 3 N–H and O–H groups in total. The molecule has 0 unspecified atom stereocenters. The van der Waals surface area contributed by atoms with Crippen LogP contribution in [0.5, 0.6) is 0 Å². The fraction of sp³-hybridized carbons (Fsp3) is 0.545. The molecule has 0 aromatic carbocycles. The molecule has 1 aromatic heterocycles. The van der Waals surface area contributed by atoms with Crippen LogP contribution >= 0.6 is 0 Å². The maximum absolute atomic E-state index is 12.2. The van der Waals surface area contributed by atoms with Crippen LogP contribution in [0.1, 0.15) is 31.1 Å². The lowest BCUT2D eigenvalue weighted by Crippen LogP contribution is -2.44. The number of hydrogen-bond acceptors (Lipinski definition) is 6. The zero-order valence-electron chi connectivity index (χ0n) is 11.8. The summed E-state index contributed by atoms with van der Waals surface area (Å²) in [6.07, 6.45) is 1.01. The lowest BCUT2D eigenvalue weighted by molar-refractivity contribution is -0.140. The Morgan fingerprint density at radius 1 is 1.48 bits per heavy atom. The predicted octanol–water partition coefficient (Wildman–Crippen LogP) is -0.0261. The van der Waals surface area contributed by atoms with Crippen LogP contribution in [0, 0.1) is 5.92 Å². The number of aliphatic carboxylic acids is 1. The molecule has 1 atom stereocenters. The summed E-state index contributed by atoms with van der Waals surface area (Å²) in [6.45, 7) is 4.76. The number of carbonyl (C=O) groups excluding carboxylic acids is 1. The van der Waals surface area contributed by atoms with E-state index < -0.39 is 38.9 Å². The number of carboxylic acid groups (broad SMARTS) is 1. The Labute approximate surface area is 121 Å². The van der Waals surface area contributed by atoms with Crippen LogP contribution < -0.4 is 4.72 Å². The summed E-state index contributed by atoms with van der Waals surface area (Å²) in [5, 5.41) is 14.2. The molecule has 1 heterocycles. The summed E-state index contributed by atoms with van der Waals surface area (Å²) >= 11 is 0. The number of nitrogens with one attached hydrogen (secondary N) is 2. The zero-order chi connectivity index (χ0) is 16.2. The van der Waals surface area contributed by atoms with Crippen molar-refractivity contribution in [3.63, 3.8) is 0 Å². The Balaban J connectivity index is 3.12. The molecule has 0 radical (unpaired) electrons. The van der Waals surface area contributed by atoms with Crippen molar-refractivity contribution in [1.29, 1.82) is 0 Å². The third-order valence-corrected chi connectivity index (χ3v) is 4.00. The van der Waals surface area contributed by atoms with Gasteiger partial charge in [0.05, 0.1) is 12.8 Å². The molecule has 10 heteroatoms. The van der Waals surface area contributed by atoms with Crippen molar-refractivity contribution >= 4 is 22.0 Å². The molecule has 0 fully saturated rings. The highest BCUT2D eigenvalue weighted by atomic mass is 32.2. The van der Waals surface area contributed by atoms with Crippen molar-refractivity contribution in [2.75, 3.05) is 6.61 Å². The van der Waals surface area contributed by atoms with E-state index in [0.717, 1.165) is 6.20 Å². The van der Waals surface area contributed by atoms with Crippen LogP contribution in [-0.4, -0.2) is 48.3 Å². The number of nitrogens with zero attached hydrogens (tertiary/aromatic N) is 1. The first kappa shape index (κ1) is 17.1. The van der Waals surface area contributed by atoms with E-state index in [1.807, 2.05) is 4.72 Å². The summed E-state index contributed by atoms with van der Waals surface area (Å²) in [6, 6.07) is -1.33. The second-order valence-corrected chi connectivity index (χ2v) is 6.17. The molecule has 0 saturated carbocycles. The quantitative estimate of drug-likeness (QED) is 0.600. The molecule has 0 amide bonds. The average molecular weight is 319 g/mol. The van der Waals surface area contributed by atoms with E-state index in [-0.39, 0.29) is 12.2 Å². The van der Waals surface area contributed by atoms with Gasteiger partial charge < -0.3 is 9.84 Å². The summed E-state index contributed by atoms with van der Waals surface area (Å²) < 4.78 is 31.1. The number of ether oxygens (including phenoxy) is 1. The Kier molecular flexibility index (Phi) is 5.44. The lowest BCUT2D eigenvalue weighted by atomic mass is 10.1. The largest absolute Gasteiger partial charge is 0.480 e. The van der Waals surface area contributed by atoms with Crippen LogP contribution in [0.4, 0.5) is 0 Å².